The third-order valence-electron chi connectivity index (χ3n) is 7.83. The van der Waals surface area contributed by atoms with E-state index in [9.17, 15) is 13.6 Å². The molecule has 0 spiro atoms. The third kappa shape index (κ3) is 4.90. The van der Waals surface area contributed by atoms with Crippen LogP contribution >= 0.6 is 0 Å². The number of rotatable bonds is 4. The predicted molar refractivity (Wildman–Crippen MR) is 142 cm³/mol. The molecule has 3 aliphatic heterocycles. The molecule has 10 heteroatoms. The molecule has 0 aliphatic carbocycles. The van der Waals surface area contributed by atoms with Crippen LogP contribution in [0, 0.1) is 11.6 Å². The lowest BCUT2D eigenvalue weighted by molar-refractivity contribution is 0.0664. The Kier molecular flexibility index (Phi) is 6.84. The van der Waals surface area contributed by atoms with Crippen molar-refractivity contribution < 1.29 is 18.3 Å². The van der Waals surface area contributed by atoms with E-state index in [1.807, 2.05) is 21.9 Å². The molecule has 3 saturated heterocycles. The minimum absolute atomic E-state index is 0.0262. The number of ether oxygens (including phenoxy) is 1. The monoisotopic (exact) mass is 522 g/mol. The highest BCUT2D eigenvalue weighted by Crippen LogP contribution is 2.40. The second kappa shape index (κ2) is 10.4. The van der Waals surface area contributed by atoms with Crippen LogP contribution in [0.3, 0.4) is 0 Å². The van der Waals surface area contributed by atoms with Crippen molar-refractivity contribution in [2.75, 3.05) is 75.9 Å². The summed E-state index contributed by atoms with van der Waals surface area (Å²) >= 11 is 0. The van der Waals surface area contributed by atoms with Gasteiger partial charge in [-0.3, -0.25) is 9.78 Å². The molecule has 1 amide bonds. The maximum absolute atomic E-state index is 14.2. The summed E-state index contributed by atoms with van der Waals surface area (Å²) in [4.78, 5) is 31.6. The fraction of sp³-hybridized carbons (Fsp3) is 0.464. The molecule has 3 aromatic rings. The van der Waals surface area contributed by atoms with Gasteiger partial charge in [0, 0.05) is 68.7 Å². The lowest BCUT2D eigenvalue weighted by Crippen LogP contribution is -2.47. The summed E-state index contributed by atoms with van der Waals surface area (Å²) in [6.45, 7) is 6.38. The molecule has 1 unspecified atom stereocenters. The molecule has 1 atom stereocenters. The average Bonchev–Trinajstić information content (AvgIpc) is 3.42. The van der Waals surface area contributed by atoms with Gasteiger partial charge in [-0.2, -0.15) is 0 Å². The van der Waals surface area contributed by atoms with E-state index in [4.69, 9.17) is 14.7 Å². The van der Waals surface area contributed by atoms with Crippen LogP contribution in [0.2, 0.25) is 0 Å². The molecule has 200 valence electrons. The molecule has 1 aromatic heterocycles. The third-order valence-corrected chi connectivity index (χ3v) is 7.83. The van der Waals surface area contributed by atoms with Crippen molar-refractivity contribution in [1.29, 1.82) is 0 Å². The van der Waals surface area contributed by atoms with Crippen molar-refractivity contribution in [1.82, 2.24) is 19.8 Å². The zero-order valence-corrected chi connectivity index (χ0v) is 21.6. The van der Waals surface area contributed by atoms with Crippen molar-refractivity contribution in [3.8, 4) is 0 Å². The van der Waals surface area contributed by atoms with Crippen LogP contribution in [0.5, 0.6) is 0 Å². The Hall–Kier alpha value is -3.37. The van der Waals surface area contributed by atoms with Crippen molar-refractivity contribution in [3.05, 3.63) is 59.3 Å². The van der Waals surface area contributed by atoms with Gasteiger partial charge in [-0.15, -0.1) is 0 Å². The van der Waals surface area contributed by atoms with Crippen molar-refractivity contribution in [3.63, 3.8) is 0 Å². The number of carbonyl (C=O) groups excluding carboxylic acids is 1. The van der Waals surface area contributed by atoms with Gasteiger partial charge < -0.3 is 24.3 Å². The number of fused-ring (bicyclic) bond motifs is 1. The zero-order chi connectivity index (χ0) is 26.2. The molecule has 6 rings (SSSR count). The highest BCUT2D eigenvalue weighted by molar-refractivity contribution is 5.98. The number of nitrogens with zero attached hydrogens (tertiary/aromatic N) is 6. The molecule has 8 nitrogen and oxygen atoms in total. The van der Waals surface area contributed by atoms with Gasteiger partial charge in [0.2, 0.25) is 0 Å². The standard InChI is InChI=1S/C28H32F2N6O2/c1-33-5-7-35(8-6-33)28(37)19-13-23(25-3-2-4-36(25)22-16-20(29)15-21(30)17-22)27-24(14-19)31-18-26(32-27)34-9-11-38-12-10-34/h13-18,25H,2-12H2,1H3. The molecule has 38 heavy (non-hydrogen) atoms. The van der Waals surface area contributed by atoms with Crippen molar-refractivity contribution >= 4 is 28.4 Å². The fourth-order valence-corrected chi connectivity index (χ4v) is 5.75. The Bertz CT molecular complexity index is 1320. The Morgan fingerprint density at radius 1 is 0.947 bits per heavy atom. The molecule has 3 aliphatic rings. The molecular weight excluding hydrogens is 490 g/mol. The normalized spacial score (nSPS) is 20.9. The number of piperazine rings is 1. The van der Waals surface area contributed by atoms with E-state index in [0.29, 0.717) is 49.6 Å². The Morgan fingerprint density at radius 2 is 1.68 bits per heavy atom. The largest absolute Gasteiger partial charge is 0.378 e. The van der Waals surface area contributed by atoms with Gasteiger partial charge in [0.05, 0.1) is 36.5 Å². The quantitative estimate of drug-likeness (QED) is 0.520. The lowest BCUT2D eigenvalue weighted by Gasteiger charge is -2.33. The van der Waals surface area contributed by atoms with Crippen molar-refractivity contribution in [2.24, 2.45) is 0 Å². The number of likely N-dealkylation sites (N-methyl/N-ethyl adjacent to an activating group) is 1. The molecule has 0 bridgehead atoms. The van der Waals surface area contributed by atoms with Crippen LogP contribution in [0.25, 0.3) is 11.0 Å². The zero-order valence-electron chi connectivity index (χ0n) is 21.6. The van der Waals surface area contributed by atoms with Gasteiger partial charge in [-0.05, 0) is 44.2 Å². The van der Waals surface area contributed by atoms with Crippen LogP contribution in [0.4, 0.5) is 20.3 Å². The van der Waals surface area contributed by atoms with E-state index >= 15 is 0 Å². The summed E-state index contributed by atoms with van der Waals surface area (Å²) in [7, 11) is 2.06. The average molecular weight is 523 g/mol. The second-order valence-electron chi connectivity index (χ2n) is 10.3. The number of hydrogen-bond acceptors (Lipinski definition) is 7. The summed E-state index contributed by atoms with van der Waals surface area (Å²) in [6.07, 6.45) is 3.40. The predicted octanol–water partition coefficient (Wildman–Crippen LogP) is 3.47. The van der Waals surface area contributed by atoms with Crippen LogP contribution in [-0.4, -0.2) is 91.7 Å². The minimum atomic E-state index is -0.608. The number of carbonyl (C=O) groups is 1. The summed E-state index contributed by atoms with van der Waals surface area (Å²) in [5, 5.41) is 0. The van der Waals surface area contributed by atoms with E-state index < -0.39 is 11.6 Å². The summed E-state index contributed by atoms with van der Waals surface area (Å²) < 4.78 is 33.8. The summed E-state index contributed by atoms with van der Waals surface area (Å²) in [5.74, 6) is -0.476. The molecule has 0 N–H and O–H groups in total. The van der Waals surface area contributed by atoms with Gasteiger partial charge in [0.15, 0.2) is 0 Å². The SMILES string of the molecule is CN1CCN(C(=O)c2cc(C3CCCN3c3cc(F)cc(F)c3)c3nc(N4CCOCC4)cnc3c2)CC1. The number of aromatic nitrogens is 2. The number of amides is 1. The van der Waals surface area contributed by atoms with E-state index in [-0.39, 0.29) is 11.9 Å². The smallest absolute Gasteiger partial charge is 0.254 e. The number of benzene rings is 2. The van der Waals surface area contributed by atoms with E-state index in [1.165, 1.54) is 12.1 Å². The Morgan fingerprint density at radius 3 is 2.42 bits per heavy atom. The highest BCUT2D eigenvalue weighted by atomic mass is 19.1. The molecule has 0 saturated carbocycles. The Balaban J connectivity index is 1.44. The maximum Gasteiger partial charge on any atom is 0.254 e. The molecule has 0 radical (unpaired) electrons. The topological polar surface area (TPSA) is 65.0 Å². The van der Waals surface area contributed by atoms with Crippen LogP contribution < -0.4 is 9.80 Å². The molecular formula is C28H32F2N6O2. The summed E-state index contributed by atoms with van der Waals surface area (Å²) in [6, 6.07) is 7.20. The lowest BCUT2D eigenvalue weighted by atomic mass is 9.98. The van der Waals surface area contributed by atoms with E-state index in [1.54, 1.807) is 6.20 Å². The van der Waals surface area contributed by atoms with Gasteiger partial charge in [-0.25, -0.2) is 13.8 Å². The number of anilines is 2. The first kappa shape index (κ1) is 24.9. The van der Waals surface area contributed by atoms with Gasteiger partial charge in [-0.1, -0.05) is 0 Å². The fourth-order valence-electron chi connectivity index (χ4n) is 5.75. The van der Waals surface area contributed by atoms with Crippen molar-refractivity contribution in [2.45, 2.75) is 18.9 Å². The Labute approximate surface area is 220 Å². The molecule has 2 aromatic carbocycles. The summed E-state index contributed by atoms with van der Waals surface area (Å²) in [5.41, 5.74) is 3.30. The van der Waals surface area contributed by atoms with Gasteiger partial charge in [0.25, 0.3) is 5.91 Å². The van der Waals surface area contributed by atoms with Crippen LogP contribution in [0.1, 0.15) is 34.8 Å². The first-order valence-corrected chi connectivity index (χ1v) is 13.3. The van der Waals surface area contributed by atoms with Gasteiger partial charge in [0.1, 0.15) is 17.5 Å². The minimum Gasteiger partial charge on any atom is -0.378 e. The van der Waals surface area contributed by atoms with E-state index in [2.05, 4.69) is 16.8 Å². The van der Waals surface area contributed by atoms with E-state index in [0.717, 1.165) is 62.0 Å². The molecule has 3 fully saturated rings. The van der Waals surface area contributed by atoms with Gasteiger partial charge >= 0.3 is 0 Å². The highest BCUT2D eigenvalue weighted by Gasteiger charge is 2.31. The first-order chi connectivity index (χ1) is 18.5. The van der Waals surface area contributed by atoms with Crippen LogP contribution in [0.15, 0.2) is 36.5 Å². The second-order valence-corrected chi connectivity index (χ2v) is 10.3. The maximum atomic E-state index is 14.2. The first-order valence-electron chi connectivity index (χ1n) is 13.3. The molecule has 4 heterocycles. The van der Waals surface area contributed by atoms with Crippen LogP contribution in [-0.2, 0) is 4.74 Å². The number of halogens is 2. The number of morpholine rings is 1. The number of hydrogen-bond donors (Lipinski definition) is 0.